The highest BCUT2D eigenvalue weighted by Crippen LogP contribution is 2.40. The van der Waals surface area contributed by atoms with Crippen LogP contribution in [0.4, 0.5) is 13.2 Å². The van der Waals surface area contributed by atoms with Crippen LogP contribution in [0, 0.1) is 13.8 Å². The summed E-state index contributed by atoms with van der Waals surface area (Å²) in [5, 5.41) is 10.7. The first-order valence-electron chi connectivity index (χ1n) is 10.2. The molecule has 0 amide bonds. The third kappa shape index (κ3) is 5.25. The van der Waals surface area contributed by atoms with Crippen molar-refractivity contribution in [3.05, 3.63) is 75.8 Å². The van der Waals surface area contributed by atoms with E-state index in [0.29, 0.717) is 39.1 Å². The van der Waals surface area contributed by atoms with Gasteiger partial charge in [-0.25, -0.2) is 0 Å². The van der Waals surface area contributed by atoms with Crippen LogP contribution in [0.25, 0.3) is 0 Å². The molecule has 1 heterocycles. The van der Waals surface area contributed by atoms with Crippen molar-refractivity contribution in [2.75, 3.05) is 19.7 Å². The van der Waals surface area contributed by atoms with Gasteiger partial charge < -0.3 is 9.84 Å². The monoisotopic (exact) mass is 453 g/mol. The number of piperidine rings is 1. The molecule has 0 atom stereocenters. The van der Waals surface area contributed by atoms with Crippen LogP contribution in [-0.4, -0.2) is 29.7 Å². The van der Waals surface area contributed by atoms with Crippen LogP contribution < -0.4 is 4.74 Å². The van der Waals surface area contributed by atoms with Gasteiger partial charge in [0.2, 0.25) is 0 Å². The summed E-state index contributed by atoms with van der Waals surface area (Å²) in [5.41, 5.74) is 1.45. The maximum Gasteiger partial charge on any atom is 0.417 e. The Kier molecular flexibility index (Phi) is 7.04. The predicted octanol–water partition coefficient (Wildman–Crippen LogP) is 6.02. The average molecular weight is 454 g/mol. The van der Waals surface area contributed by atoms with E-state index in [4.69, 9.17) is 16.3 Å². The molecule has 2 aromatic carbocycles. The summed E-state index contributed by atoms with van der Waals surface area (Å²) in [6.45, 7) is 10.0. The van der Waals surface area contributed by atoms with Gasteiger partial charge in [0.15, 0.2) is 0 Å². The van der Waals surface area contributed by atoms with E-state index < -0.39 is 17.3 Å². The molecule has 0 aliphatic carbocycles. The van der Waals surface area contributed by atoms with Crippen molar-refractivity contribution < 1.29 is 23.0 Å². The third-order valence-corrected chi connectivity index (χ3v) is 6.42. The van der Waals surface area contributed by atoms with Crippen molar-refractivity contribution in [3.8, 4) is 5.75 Å². The minimum atomic E-state index is -4.55. The zero-order valence-corrected chi connectivity index (χ0v) is 18.5. The summed E-state index contributed by atoms with van der Waals surface area (Å²) in [6, 6.07) is 7.67. The Morgan fingerprint density at radius 3 is 2.45 bits per heavy atom. The molecule has 7 heteroatoms. The molecular formula is C24H27ClF3NO2. The highest BCUT2D eigenvalue weighted by molar-refractivity contribution is 6.31. The van der Waals surface area contributed by atoms with Crippen LogP contribution in [-0.2, 0) is 18.3 Å². The standard InChI is InChI=1S/C24H27ClF3NO2/c1-4-13-31-22-8-5-18(16(2)17(22)3)15-29-11-9-23(30,10-12-29)19-6-7-21(25)20(14-19)24(26,27)28/h4-8,14,30H,1,9-13,15H2,2-3H3. The highest BCUT2D eigenvalue weighted by Gasteiger charge is 2.38. The number of halogens is 4. The minimum Gasteiger partial charge on any atom is -0.489 e. The molecule has 0 unspecified atom stereocenters. The fourth-order valence-corrected chi connectivity index (χ4v) is 4.20. The number of rotatable bonds is 6. The summed E-state index contributed by atoms with van der Waals surface area (Å²) < 4.78 is 45.3. The van der Waals surface area contributed by atoms with E-state index >= 15 is 0 Å². The Morgan fingerprint density at radius 2 is 1.84 bits per heavy atom. The van der Waals surface area contributed by atoms with E-state index in [1.165, 1.54) is 17.7 Å². The second-order valence-corrected chi connectivity index (χ2v) is 8.48. The Balaban J connectivity index is 1.70. The van der Waals surface area contributed by atoms with Gasteiger partial charge in [0.1, 0.15) is 12.4 Å². The lowest BCUT2D eigenvalue weighted by molar-refractivity contribution is -0.137. The number of benzene rings is 2. The topological polar surface area (TPSA) is 32.7 Å². The summed E-state index contributed by atoms with van der Waals surface area (Å²) in [4.78, 5) is 2.21. The molecule has 2 aromatic rings. The molecular weight excluding hydrogens is 427 g/mol. The first-order chi connectivity index (χ1) is 14.5. The predicted molar refractivity (Wildman–Crippen MR) is 116 cm³/mol. The molecule has 1 aliphatic heterocycles. The van der Waals surface area contributed by atoms with E-state index in [1.54, 1.807) is 6.08 Å². The molecule has 0 bridgehead atoms. The van der Waals surface area contributed by atoms with Gasteiger partial charge in [-0.05, 0) is 67.1 Å². The van der Waals surface area contributed by atoms with Gasteiger partial charge in [-0.1, -0.05) is 36.4 Å². The Bertz CT molecular complexity index is 951. The Morgan fingerprint density at radius 1 is 1.16 bits per heavy atom. The lowest BCUT2D eigenvalue weighted by atomic mass is 9.83. The zero-order chi connectivity index (χ0) is 22.8. The number of ether oxygens (including phenoxy) is 1. The van der Waals surface area contributed by atoms with Gasteiger partial charge in [0.05, 0.1) is 16.2 Å². The number of aliphatic hydroxyl groups is 1. The van der Waals surface area contributed by atoms with Crippen molar-refractivity contribution in [2.24, 2.45) is 0 Å². The SMILES string of the molecule is C=CCOc1ccc(CN2CCC(O)(c3ccc(Cl)c(C(F)(F)F)c3)CC2)c(C)c1C. The fourth-order valence-electron chi connectivity index (χ4n) is 3.97. The molecule has 168 valence electrons. The maximum atomic E-state index is 13.2. The lowest BCUT2D eigenvalue weighted by Gasteiger charge is -2.39. The average Bonchev–Trinajstić information content (AvgIpc) is 2.72. The van der Waals surface area contributed by atoms with Crippen molar-refractivity contribution >= 4 is 11.6 Å². The van der Waals surface area contributed by atoms with Crippen LogP contribution in [0.2, 0.25) is 5.02 Å². The summed E-state index contributed by atoms with van der Waals surface area (Å²) in [5.74, 6) is 0.831. The van der Waals surface area contributed by atoms with Crippen LogP contribution in [0.5, 0.6) is 5.75 Å². The van der Waals surface area contributed by atoms with Crippen molar-refractivity contribution in [1.29, 1.82) is 0 Å². The van der Waals surface area contributed by atoms with Crippen molar-refractivity contribution in [3.63, 3.8) is 0 Å². The molecule has 0 spiro atoms. The van der Waals surface area contributed by atoms with Crippen molar-refractivity contribution in [2.45, 2.75) is 45.0 Å². The highest BCUT2D eigenvalue weighted by atomic mass is 35.5. The molecule has 0 saturated carbocycles. The number of nitrogens with zero attached hydrogens (tertiary/aromatic N) is 1. The van der Waals surface area contributed by atoms with Gasteiger partial charge in [0, 0.05) is 19.6 Å². The third-order valence-electron chi connectivity index (χ3n) is 6.09. The minimum absolute atomic E-state index is 0.264. The molecule has 3 rings (SSSR count). The Labute approximate surface area is 186 Å². The number of hydrogen-bond donors (Lipinski definition) is 1. The fraction of sp³-hybridized carbons (Fsp3) is 0.417. The van der Waals surface area contributed by atoms with E-state index in [-0.39, 0.29) is 10.6 Å². The first-order valence-corrected chi connectivity index (χ1v) is 10.6. The van der Waals surface area contributed by atoms with E-state index in [9.17, 15) is 18.3 Å². The summed E-state index contributed by atoms with van der Waals surface area (Å²) in [6.07, 6.45) is -2.15. The van der Waals surface area contributed by atoms with Gasteiger partial charge in [0.25, 0.3) is 0 Å². The molecule has 1 saturated heterocycles. The van der Waals surface area contributed by atoms with E-state index in [1.807, 2.05) is 19.1 Å². The number of alkyl halides is 3. The first kappa shape index (κ1) is 23.6. The van der Waals surface area contributed by atoms with E-state index in [2.05, 4.69) is 18.4 Å². The summed E-state index contributed by atoms with van der Waals surface area (Å²) in [7, 11) is 0. The smallest absolute Gasteiger partial charge is 0.417 e. The van der Waals surface area contributed by atoms with Gasteiger partial charge in [-0.15, -0.1) is 0 Å². The van der Waals surface area contributed by atoms with Crippen LogP contribution in [0.15, 0.2) is 43.0 Å². The Hall–Kier alpha value is -2.02. The molecule has 1 aliphatic rings. The van der Waals surface area contributed by atoms with Crippen LogP contribution >= 0.6 is 11.6 Å². The summed E-state index contributed by atoms with van der Waals surface area (Å²) >= 11 is 5.72. The quantitative estimate of drug-likeness (QED) is 0.542. The molecule has 3 nitrogen and oxygen atoms in total. The lowest BCUT2D eigenvalue weighted by Crippen LogP contribution is -2.42. The second-order valence-electron chi connectivity index (χ2n) is 8.07. The molecule has 0 radical (unpaired) electrons. The largest absolute Gasteiger partial charge is 0.489 e. The second kappa shape index (κ2) is 9.23. The molecule has 1 N–H and O–H groups in total. The molecule has 1 fully saturated rings. The normalized spacial score (nSPS) is 16.9. The van der Waals surface area contributed by atoms with Crippen LogP contribution in [0.3, 0.4) is 0 Å². The van der Waals surface area contributed by atoms with Gasteiger partial charge >= 0.3 is 6.18 Å². The van der Waals surface area contributed by atoms with Gasteiger partial charge in [-0.2, -0.15) is 13.2 Å². The molecule has 31 heavy (non-hydrogen) atoms. The van der Waals surface area contributed by atoms with Crippen LogP contribution in [0.1, 0.15) is 40.7 Å². The molecule has 0 aromatic heterocycles. The number of hydrogen-bond acceptors (Lipinski definition) is 3. The maximum absolute atomic E-state index is 13.2. The zero-order valence-electron chi connectivity index (χ0n) is 17.7. The number of likely N-dealkylation sites (tertiary alicyclic amines) is 1. The van der Waals surface area contributed by atoms with Gasteiger partial charge in [-0.3, -0.25) is 4.90 Å². The van der Waals surface area contributed by atoms with E-state index in [0.717, 1.165) is 22.9 Å². The van der Waals surface area contributed by atoms with Crippen molar-refractivity contribution in [1.82, 2.24) is 4.90 Å².